The summed E-state index contributed by atoms with van der Waals surface area (Å²) in [5.74, 6) is 0.206. The lowest BCUT2D eigenvalue weighted by Crippen LogP contribution is -2.47. The van der Waals surface area contributed by atoms with Crippen molar-refractivity contribution in [2.45, 2.75) is 49.9 Å². The molecule has 4 heterocycles. The van der Waals surface area contributed by atoms with Gasteiger partial charge in [0.25, 0.3) is 5.69 Å². The van der Waals surface area contributed by atoms with E-state index in [1.807, 2.05) is 65.6 Å². The Bertz CT molecular complexity index is 2030. The molecular formula is C42H51N7O9S2. The fourth-order valence-electron chi connectivity index (χ4n) is 6.72. The quantitative estimate of drug-likeness (QED) is 0.0718. The molecule has 0 spiro atoms. The second-order valence-corrected chi connectivity index (χ2v) is 15.8. The van der Waals surface area contributed by atoms with Gasteiger partial charge in [-0.2, -0.15) is 0 Å². The molecule has 2 aliphatic heterocycles. The topological polar surface area (TPSA) is 189 Å². The van der Waals surface area contributed by atoms with Crippen LogP contribution in [0.4, 0.5) is 25.5 Å². The lowest BCUT2D eigenvalue weighted by Gasteiger charge is -2.29. The molecule has 2 saturated heterocycles. The average molecular weight is 862 g/mol. The van der Waals surface area contributed by atoms with Crippen molar-refractivity contribution >= 4 is 50.7 Å². The molecule has 7 rings (SSSR count). The molecule has 3 aromatic carbocycles. The first-order chi connectivity index (χ1) is 29.2. The molecule has 0 unspecified atom stereocenters. The van der Waals surface area contributed by atoms with E-state index in [9.17, 15) is 19.7 Å². The van der Waals surface area contributed by atoms with Gasteiger partial charge in [-0.1, -0.05) is 83.3 Å². The number of rotatable bonds is 14. The number of ether oxygens (including phenoxy) is 5. The van der Waals surface area contributed by atoms with Crippen molar-refractivity contribution in [2.24, 2.45) is 0 Å². The fourth-order valence-corrected chi connectivity index (χ4v) is 8.34. The lowest BCUT2D eigenvalue weighted by molar-refractivity contribution is -0.384. The van der Waals surface area contributed by atoms with Gasteiger partial charge in [0.2, 0.25) is 0 Å². The molecule has 320 valence electrons. The van der Waals surface area contributed by atoms with Gasteiger partial charge in [0.05, 0.1) is 53.2 Å². The average Bonchev–Trinajstić information content (AvgIpc) is 4.09. The molecule has 2 aromatic heterocycles. The third kappa shape index (κ3) is 13.9. The van der Waals surface area contributed by atoms with Gasteiger partial charge in [0.1, 0.15) is 5.75 Å². The summed E-state index contributed by atoms with van der Waals surface area (Å²) in [5.41, 5.74) is 2.03. The van der Waals surface area contributed by atoms with Crippen molar-refractivity contribution in [1.29, 1.82) is 0 Å². The summed E-state index contributed by atoms with van der Waals surface area (Å²) in [6.07, 6.45) is 7.01. The van der Waals surface area contributed by atoms with Gasteiger partial charge in [-0.15, -0.1) is 0 Å². The first kappa shape index (κ1) is 45.7. The number of non-ortho nitro benzene ring substituents is 1. The molecule has 2 fully saturated rings. The zero-order chi connectivity index (χ0) is 42.7. The molecule has 0 radical (unpaired) electrons. The van der Waals surface area contributed by atoms with Crippen LogP contribution in [0.2, 0.25) is 0 Å². The van der Waals surface area contributed by atoms with Crippen molar-refractivity contribution in [3.63, 3.8) is 0 Å². The van der Waals surface area contributed by atoms with E-state index in [-0.39, 0.29) is 29.6 Å². The number of anilines is 2. The summed E-state index contributed by atoms with van der Waals surface area (Å²) in [5, 5.41) is 20.5. The number of nitro groups is 1. The largest absolute Gasteiger partial charge is 0.418 e. The summed E-state index contributed by atoms with van der Waals surface area (Å²) in [7, 11) is 6.80. The van der Waals surface area contributed by atoms with Crippen molar-refractivity contribution in [2.75, 3.05) is 65.5 Å². The van der Waals surface area contributed by atoms with Crippen LogP contribution in [0.15, 0.2) is 97.3 Å². The molecule has 60 heavy (non-hydrogen) atoms. The maximum Gasteiger partial charge on any atom is 0.418 e. The highest BCUT2D eigenvalue weighted by Gasteiger charge is 2.37. The molecule has 5 aromatic rings. The lowest BCUT2D eigenvalue weighted by atomic mass is 10.2. The molecule has 3 N–H and O–H groups in total. The van der Waals surface area contributed by atoms with Crippen molar-refractivity contribution < 1.29 is 38.2 Å². The number of nitrogens with zero attached hydrogens (tertiary/aromatic N) is 4. The van der Waals surface area contributed by atoms with Crippen molar-refractivity contribution in [3.8, 4) is 26.6 Å². The highest BCUT2D eigenvalue weighted by Crippen LogP contribution is 2.31. The van der Waals surface area contributed by atoms with Crippen LogP contribution in [0.25, 0.3) is 20.9 Å². The third-order valence-electron chi connectivity index (χ3n) is 9.45. The number of hydrogen-bond acceptors (Lipinski definition) is 14. The molecule has 18 heteroatoms. The van der Waals surface area contributed by atoms with Gasteiger partial charge in [0.15, 0.2) is 10.3 Å². The number of hydrogen-bond donors (Lipinski definition) is 3. The first-order valence-electron chi connectivity index (χ1n) is 19.3. The van der Waals surface area contributed by atoms with Crippen molar-refractivity contribution in [1.82, 2.24) is 20.2 Å². The number of aromatic nitrogens is 2. The Hall–Kier alpha value is -5.34. The number of nitro benzene ring substituents is 1. The summed E-state index contributed by atoms with van der Waals surface area (Å²) < 4.78 is 25.7. The molecular weight excluding hydrogens is 811 g/mol. The Balaban J connectivity index is 0.000000183. The van der Waals surface area contributed by atoms with Crippen LogP contribution in [0.5, 0.6) is 5.75 Å². The molecule has 4 atom stereocenters. The van der Waals surface area contributed by atoms with Crippen LogP contribution in [0, 0.1) is 10.1 Å². The van der Waals surface area contributed by atoms with Gasteiger partial charge in [-0.25, -0.2) is 19.6 Å². The number of amides is 3. The number of nitrogens with one attached hydrogen (secondary N) is 3. The monoisotopic (exact) mass is 861 g/mol. The second-order valence-electron chi connectivity index (χ2n) is 13.7. The zero-order valence-corrected chi connectivity index (χ0v) is 35.6. The molecule has 16 nitrogen and oxygen atoms in total. The first-order valence-corrected chi connectivity index (χ1v) is 20.9. The van der Waals surface area contributed by atoms with E-state index in [0.717, 1.165) is 46.9 Å². The van der Waals surface area contributed by atoms with E-state index in [2.05, 4.69) is 25.9 Å². The van der Waals surface area contributed by atoms with Gasteiger partial charge in [-0.05, 0) is 48.9 Å². The zero-order valence-electron chi connectivity index (χ0n) is 34.0. The minimum atomic E-state index is -0.710. The van der Waals surface area contributed by atoms with E-state index in [1.54, 1.807) is 40.8 Å². The number of methoxy groups -OCH3 is 4. The maximum absolute atomic E-state index is 12.8. The molecule has 0 saturated carbocycles. The van der Waals surface area contributed by atoms with E-state index >= 15 is 0 Å². The highest BCUT2D eigenvalue weighted by molar-refractivity contribution is 7.19. The minimum Gasteiger partial charge on any atom is -0.410 e. The fraction of sp³-hybridized carbons (Fsp3) is 0.381. The normalized spacial score (nSPS) is 18.1. The minimum absolute atomic E-state index is 0.0682. The van der Waals surface area contributed by atoms with E-state index in [4.69, 9.17) is 23.7 Å². The summed E-state index contributed by atoms with van der Waals surface area (Å²) in [4.78, 5) is 47.0. The summed E-state index contributed by atoms with van der Waals surface area (Å²) >= 11 is 2.79. The Labute approximate surface area is 357 Å². The van der Waals surface area contributed by atoms with Crippen LogP contribution in [-0.4, -0.2) is 111 Å². The van der Waals surface area contributed by atoms with Gasteiger partial charge < -0.3 is 33.9 Å². The van der Waals surface area contributed by atoms with Crippen LogP contribution in [0.1, 0.15) is 25.7 Å². The van der Waals surface area contributed by atoms with Crippen LogP contribution in [0.3, 0.4) is 0 Å². The Morgan fingerprint density at radius 3 is 1.62 bits per heavy atom. The molecule has 3 amide bonds. The number of thiazole rings is 2. The van der Waals surface area contributed by atoms with Crippen LogP contribution < -0.4 is 20.7 Å². The molecule has 2 aliphatic rings. The second kappa shape index (κ2) is 24.0. The predicted octanol–water partition coefficient (Wildman–Crippen LogP) is 8.20. The van der Waals surface area contributed by atoms with E-state index in [0.29, 0.717) is 35.6 Å². The number of carbonyl (C=O) groups is 2. The number of benzene rings is 3. The summed E-state index contributed by atoms with van der Waals surface area (Å²) in [6.45, 7) is 2.70. The predicted molar refractivity (Wildman–Crippen MR) is 233 cm³/mol. The summed E-state index contributed by atoms with van der Waals surface area (Å²) in [6, 6.07) is 26.0. The number of carbonyl (C=O) groups excluding carboxylic acids is 2. The molecule has 0 bridgehead atoms. The number of likely N-dealkylation sites (tertiary alicyclic amines) is 1. The van der Waals surface area contributed by atoms with Crippen molar-refractivity contribution in [3.05, 3.63) is 107 Å². The smallest absolute Gasteiger partial charge is 0.410 e. The third-order valence-corrected chi connectivity index (χ3v) is 11.4. The van der Waals surface area contributed by atoms with Gasteiger partial charge >= 0.3 is 12.1 Å². The molecule has 0 aliphatic carbocycles. The Morgan fingerprint density at radius 2 is 1.17 bits per heavy atom. The number of urea groups is 1. The standard InChI is InChI=1S/C18H23N3O3S.C16H11N3O4S.C8H17NO2/c1-23-11-14-8-9-15(12-24-2)21(14)18(22)20-17-19-10-16(25-17)13-6-4-3-5-7-13;20-16(23-13-8-6-12(7-9-13)19(21)22)18-15-17-10-14(24-15)11-4-2-1-3-5-11;1-10-5-7-3-4-8(9-7)6-11-2/h3-7,10,14-15H,8-9,11-12H2,1-2H3,(H,19,20,22);1-10H,(H,17,18,20);7-9H,3-6H2,1-2H3/t14-,15-;;7-,8-/m0.0/s1. The van der Waals surface area contributed by atoms with Gasteiger partial charge in [0, 0.05) is 65.0 Å². The SMILES string of the molecule is COC[C@@H]1CC[C@@H](COC)N1.COC[C@@H]1CC[C@@H](COC)N1C(=O)Nc1ncc(-c2ccccc2)s1.O=C(Nc1ncc(-c2ccccc2)s1)Oc1ccc([N+](=O)[O-])cc1. The highest BCUT2D eigenvalue weighted by atomic mass is 32.1. The van der Waals surface area contributed by atoms with E-state index in [1.165, 1.54) is 59.8 Å². The maximum atomic E-state index is 12.8. The van der Waals surface area contributed by atoms with E-state index < -0.39 is 11.0 Å². The van der Waals surface area contributed by atoms with Crippen LogP contribution in [-0.2, 0) is 18.9 Å². The Kier molecular flexibility index (Phi) is 18.3. The van der Waals surface area contributed by atoms with Gasteiger partial charge in [-0.3, -0.25) is 20.7 Å². The Morgan fingerprint density at radius 1 is 0.700 bits per heavy atom. The van der Waals surface area contributed by atoms with Crippen LogP contribution >= 0.6 is 22.7 Å².